The summed E-state index contributed by atoms with van der Waals surface area (Å²) in [5.74, 6) is 1.60. The van der Waals surface area contributed by atoms with Crippen molar-refractivity contribution >= 4 is 5.69 Å². The largest absolute Gasteiger partial charge is 0.497 e. The summed E-state index contributed by atoms with van der Waals surface area (Å²) >= 11 is 0. The number of hydrogen-bond acceptors (Lipinski definition) is 4. The minimum absolute atomic E-state index is 0.110. The third-order valence-corrected chi connectivity index (χ3v) is 3.29. The van der Waals surface area contributed by atoms with Crippen molar-refractivity contribution in [2.45, 2.75) is 19.9 Å². The summed E-state index contributed by atoms with van der Waals surface area (Å²) in [6.07, 6.45) is 1.97. The Bertz CT molecular complexity index is 593. The molecule has 20 heavy (non-hydrogen) atoms. The number of aryl methyl sites for hydroxylation is 2. The lowest BCUT2D eigenvalue weighted by molar-refractivity contribution is 0.390. The quantitative estimate of drug-likeness (QED) is 0.911. The Morgan fingerprint density at radius 2 is 2.00 bits per heavy atom. The molecule has 0 aliphatic heterocycles. The number of aromatic nitrogens is 2. The monoisotopic (exact) mass is 275 g/mol. The lowest BCUT2D eigenvalue weighted by Crippen LogP contribution is -2.08. The molecule has 0 radical (unpaired) electrons. The van der Waals surface area contributed by atoms with Crippen molar-refractivity contribution in [3.8, 4) is 11.5 Å². The van der Waals surface area contributed by atoms with E-state index >= 15 is 0 Å². The normalized spacial score (nSPS) is 12.1. The molecule has 0 bridgehead atoms. The predicted molar refractivity (Wildman–Crippen MR) is 79.5 cm³/mol. The fraction of sp³-hybridized carbons (Fsp3) is 0.400. The predicted octanol–water partition coefficient (Wildman–Crippen LogP) is 2.92. The molecule has 0 amide bonds. The van der Waals surface area contributed by atoms with E-state index in [0.717, 1.165) is 28.4 Å². The molecule has 0 aliphatic rings. The highest BCUT2D eigenvalue weighted by Gasteiger charge is 2.14. The van der Waals surface area contributed by atoms with E-state index in [1.807, 2.05) is 38.4 Å². The minimum Gasteiger partial charge on any atom is -0.497 e. The SMILES string of the molecule is COc1ccc(C(C)Nc2cn(C)nc2C)c(OC)c1. The van der Waals surface area contributed by atoms with Gasteiger partial charge in [0.15, 0.2) is 0 Å². The molecule has 108 valence electrons. The van der Waals surface area contributed by atoms with E-state index in [-0.39, 0.29) is 6.04 Å². The summed E-state index contributed by atoms with van der Waals surface area (Å²) in [6, 6.07) is 5.95. The van der Waals surface area contributed by atoms with E-state index in [4.69, 9.17) is 9.47 Å². The zero-order chi connectivity index (χ0) is 14.7. The number of anilines is 1. The van der Waals surface area contributed by atoms with Crippen molar-refractivity contribution in [1.29, 1.82) is 0 Å². The number of rotatable bonds is 5. The molecule has 1 aromatic heterocycles. The van der Waals surface area contributed by atoms with Crippen LogP contribution in [-0.4, -0.2) is 24.0 Å². The number of nitrogens with zero attached hydrogens (tertiary/aromatic N) is 2. The first-order chi connectivity index (χ1) is 9.55. The summed E-state index contributed by atoms with van der Waals surface area (Å²) < 4.78 is 12.5. The summed E-state index contributed by atoms with van der Waals surface area (Å²) in [5.41, 5.74) is 3.08. The van der Waals surface area contributed by atoms with Crippen molar-refractivity contribution in [3.63, 3.8) is 0 Å². The molecule has 1 N–H and O–H groups in total. The van der Waals surface area contributed by atoms with Crippen molar-refractivity contribution in [2.75, 3.05) is 19.5 Å². The second kappa shape index (κ2) is 5.86. The Balaban J connectivity index is 2.24. The van der Waals surface area contributed by atoms with Crippen LogP contribution in [0.15, 0.2) is 24.4 Å². The van der Waals surface area contributed by atoms with Crippen LogP contribution in [0.25, 0.3) is 0 Å². The van der Waals surface area contributed by atoms with Gasteiger partial charge in [-0.3, -0.25) is 4.68 Å². The number of nitrogens with one attached hydrogen (secondary N) is 1. The maximum atomic E-state index is 5.44. The molecule has 1 unspecified atom stereocenters. The van der Waals surface area contributed by atoms with Gasteiger partial charge in [-0.05, 0) is 26.0 Å². The Labute approximate surface area is 119 Å². The fourth-order valence-electron chi connectivity index (χ4n) is 2.23. The minimum atomic E-state index is 0.110. The van der Waals surface area contributed by atoms with Crippen molar-refractivity contribution in [3.05, 3.63) is 35.7 Å². The van der Waals surface area contributed by atoms with Crippen LogP contribution in [0.4, 0.5) is 5.69 Å². The molecular formula is C15H21N3O2. The van der Waals surface area contributed by atoms with E-state index in [9.17, 15) is 0 Å². The summed E-state index contributed by atoms with van der Waals surface area (Å²) in [6.45, 7) is 4.08. The Kier molecular flexibility index (Phi) is 4.17. The van der Waals surface area contributed by atoms with Crippen LogP contribution >= 0.6 is 0 Å². The van der Waals surface area contributed by atoms with Crippen LogP contribution in [0.2, 0.25) is 0 Å². The standard InChI is InChI=1S/C15H21N3O2/c1-10(16-14-9-18(3)17-11(14)2)13-7-6-12(19-4)8-15(13)20-5/h6-10,16H,1-5H3. The number of methoxy groups -OCH3 is 2. The second-order valence-corrected chi connectivity index (χ2v) is 4.78. The van der Waals surface area contributed by atoms with Gasteiger partial charge in [-0.15, -0.1) is 0 Å². The van der Waals surface area contributed by atoms with E-state index in [2.05, 4.69) is 17.3 Å². The van der Waals surface area contributed by atoms with E-state index in [0.29, 0.717) is 0 Å². The number of benzene rings is 1. The van der Waals surface area contributed by atoms with Gasteiger partial charge in [0, 0.05) is 24.9 Å². The van der Waals surface area contributed by atoms with E-state index in [1.165, 1.54) is 0 Å². The molecule has 1 atom stereocenters. The van der Waals surface area contributed by atoms with Gasteiger partial charge in [-0.25, -0.2) is 0 Å². The smallest absolute Gasteiger partial charge is 0.127 e. The van der Waals surface area contributed by atoms with Crippen molar-refractivity contribution < 1.29 is 9.47 Å². The van der Waals surface area contributed by atoms with Crippen LogP contribution in [0.1, 0.15) is 24.2 Å². The van der Waals surface area contributed by atoms with Gasteiger partial charge >= 0.3 is 0 Å². The molecule has 5 nitrogen and oxygen atoms in total. The molecule has 0 saturated carbocycles. The molecule has 0 fully saturated rings. The Morgan fingerprint density at radius 3 is 2.55 bits per heavy atom. The van der Waals surface area contributed by atoms with E-state index in [1.54, 1.807) is 18.9 Å². The van der Waals surface area contributed by atoms with Gasteiger partial charge in [0.05, 0.1) is 31.6 Å². The summed E-state index contributed by atoms with van der Waals surface area (Å²) in [4.78, 5) is 0. The third-order valence-electron chi connectivity index (χ3n) is 3.29. The Hall–Kier alpha value is -2.17. The maximum Gasteiger partial charge on any atom is 0.127 e. The van der Waals surface area contributed by atoms with Gasteiger partial charge in [0.25, 0.3) is 0 Å². The molecule has 1 aromatic carbocycles. The molecule has 0 spiro atoms. The molecule has 1 heterocycles. The van der Waals surface area contributed by atoms with Gasteiger partial charge in [-0.2, -0.15) is 5.10 Å². The molecule has 2 aromatic rings. The molecule has 5 heteroatoms. The van der Waals surface area contributed by atoms with Crippen LogP contribution in [-0.2, 0) is 7.05 Å². The number of hydrogen-bond donors (Lipinski definition) is 1. The first kappa shape index (κ1) is 14.2. The van der Waals surface area contributed by atoms with Crippen LogP contribution in [0.3, 0.4) is 0 Å². The van der Waals surface area contributed by atoms with E-state index < -0.39 is 0 Å². The molecule has 0 aliphatic carbocycles. The zero-order valence-electron chi connectivity index (χ0n) is 12.6. The van der Waals surface area contributed by atoms with Crippen LogP contribution in [0, 0.1) is 6.92 Å². The van der Waals surface area contributed by atoms with Gasteiger partial charge < -0.3 is 14.8 Å². The van der Waals surface area contributed by atoms with Gasteiger partial charge in [0.1, 0.15) is 11.5 Å². The van der Waals surface area contributed by atoms with Gasteiger partial charge in [0.2, 0.25) is 0 Å². The lowest BCUT2D eigenvalue weighted by atomic mass is 10.1. The molecule has 2 rings (SSSR count). The van der Waals surface area contributed by atoms with Crippen molar-refractivity contribution in [2.24, 2.45) is 7.05 Å². The Morgan fingerprint density at radius 1 is 1.25 bits per heavy atom. The first-order valence-corrected chi connectivity index (χ1v) is 6.54. The van der Waals surface area contributed by atoms with Crippen molar-refractivity contribution in [1.82, 2.24) is 9.78 Å². The first-order valence-electron chi connectivity index (χ1n) is 6.54. The van der Waals surface area contributed by atoms with Gasteiger partial charge in [-0.1, -0.05) is 0 Å². The lowest BCUT2D eigenvalue weighted by Gasteiger charge is -2.18. The highest BCUT2D eigenvalue weighted by Crippen LogP contribution is 2.31. The highest BCUT2D eigenvalue weighted by molar-refractivity contribution is 5.50. The average molecular weight is 275 g/mol. The highest BCUT2D eigenvalue weighted by atomic mass is 16.5. The average Bonchev–Trinajstić information content (AvgIpc) is 2.75. The number of ether oxygens (including phenoxy) is 2. The van der Waals surface area contributed by atoms with Crippen LogP contribution < -0.4 is 14.8 Å². The second-order valence-electron chi connectivity index (χ2n) is 4.78. The summed E-state index contributed by atoms with van der Waals surface area (Å²) in [7, 11) is 5.23. The zero-order valence-corrected chi connectivity index (χ0v) is 12.6. The molecule has 0 saturated heterocycles. The third kappa shape index (κ3) is 2.87. The fourth-order valence-corrected chi connectivity index (χ4v) is 2.23. The van der Waals surface area contributed by atoms with Crippen LogP contribution in [0.5, 0.6) is 11.5 Å². The topological polar surface area (TPSA) is 48.3 Å². The maximum absolute atomic E-state index is 5.44. The summed E-state index contributed by atoms with van der Waals surface area (Å²) in [5, 5.41) is 7.79. The molecular weight excluding hydrogens is 254 g/mol.